The van der Waals surface area contributed by atoms with Crippen molar-refractivity contribution in [3.8, 4) is 0 Å². The Kier molecular flexibility index (Phi) is 2.03. The topological polar surface area (TPSA) is 12.0 Å². The van der Waals surface area contributed by atoms with E-state index < -0.39 is 0 Å². The maximum Gasteiger partial charge on any atom is 0.0407 e. The van der Waals surface area contributed by atoms with E-state index in [-0.39, 0.29) is 0 Å². The van der Waals surface area contributed by atoms with E-state index in [1.807, 2.05) is 0 Å². The summed E-state index contributed by atoms with van der Waals surface area (Å²) in [5.74, 6) is 0.718. The summed E-state index contributed by atoms with van der Waals surface area (Å²) in [4.78, 5) is 0. The lowest BCUT2D eigenvalue weighted by Crippen LogP contribution is -2.16. The summed E-state index contributed by atoms with van der Waals surface area (Å²) in [5, 5.41) is 3.50. The minimum atomic E-state index is 0.718. The Labute approximate surface area is 80.2 Å². The van der Waals surface area contributed by atoms with Crippen LogP contribution in [0.3, 0.4) is 0 Å². The highest BCUT2D eigenvalue weighted by molar-refractivity contribution is 5.62. The van der Waals surface area contributed by atoms with Crippen LogP contribution in [0.1, 0.15) is 36.0 Å². The molecule has 2 rings (SSSR count). The summed E-state index contributed by atoms with van der Waals surface area (Å²) in [6.07, 6.45) is 1.26. The third kappa shape index (κ3) is 1.32. The lowest BCUT2D eigenvalue weighted by atomic mass is 9.89. The molecule has 13 heavy (non-hydrogen) atoms. The summed E-state index contributed by atoms with van der Waals surface area (Å²) in [6, 6.07) is 4.51. The molecule has 1 heterocycles. The summed E-state index contributed by atoms with van der Waals surface area (Å²) >= 11 is 0. The molecule has 1 nitrogen and oxygen atoms in total. The molecule has 0 amide bonds. The van der Waals surface area contributed by atoms with Gasteiger partial charge in [0.1, 0.15) is 0 Å². The average Bonchev–Trinajstić information content (AvgIpc) is 2.12. The van der Waals surface area contributed by atoms with Crippen LogP contribution in [0, 0.1) is 13.8 Å². The van der Waals surface area contributed by atoms with Crippen LogP contribution >= 0.6 is 0 Å². The van der Waals surface area contributed by atoms with Crippen LogP contribution in [0.4, 0.5) is 5.69 Å². The molecule has 1 N–H and O–H groups in total. The van der Waals surface area contributed by atoms with Crippen molar-refractivity contribution in [2.45, 2.75) is 33.1 Å². The fourth-order valence-electron chi connectivity index (χ4n) is 2.05. The zero-order chi connectivity index (χ0) is 9.42. The van der Waals surface area contributed by atoms with Crippen molar-refractivity contribution in [1.82, 2.24) is 0 Å². The molecule has 0 saturated heterocycles. The molecule has 0 aliphatic carbocycles. The van der Waals surface area contributed by atoms with E-state index >= 15 is 0 Å². The lowest BCUT2D eigenvalue weighted by molar-refractivity contribution is 0.682. The van der Waals surface area contributed by atoms with E-state index in [4.69, 9.17) is 0 Å². The molecular weight excluding hydrogens is 158 g/mol. The fourth-order valence-corrected chi connectivity index (χ4v) is 2.05. The Bertz CT molecular complexity index is 328. The summed E-state index contributed by atoms with van der Waals surface area (Å²) in [6.45, 7) is 7.82. The van der Waals surface area contributed by atoms with Gasteiger partial charge in [0.25, 0.3) is 0 Å². The first kappa shape index (κ1) is 8.61. The molecule has 0 fully saturated rings. The number of hydrogen-bond donors (Lipinski definition) is 1. The Morgan fingerprint density at radius 3 is 2.85 bits per heavy atom. The predicted octanol–water partition coefficient (Wildman–Crippen LogP) is 3.22. The molecule has 0 bridgehead atoms. The second kappa shape index (κ2) is 3.06. The number of anilines is 1. The molecule has 0 unspecified atom stereocenters. The normalized spacial score (nSPS) is 20.7. The first-order chi connectivity index (χ1) is 6.20. The van der Waals surface area contributed by atoms with Gasteiger partial charge in [0, 0.05) is 12.2 Å². The van der Waals surface area contributed by atoms with Gasteiger partial charge in [-0.1, -0.05) is 19.1 Å². The summed E-state index contributed by atoms with van der Waals surface area (Å²) in [7, 11) is 0. The fraction of sp³-hybridized carbons (Fsp3) is 0.500. The zero-order valence-corrected chi connectivity index (χ0v) is 8.65. The van der Waals surface area contributed by atoms with Gasteiger partial charge >= 0.3 is 0 Å². The Morgan fingerprint density at radius 2 is 2.08 bits per heavy atom. The Balaban J connectivity index is 2.56. The highest BCUT2D eigenvalue weighted by Crippen LogP contribution is 2.34. The second-order valence-corrected chi connectivity index (χ2v) is 4.09. The van der Waals surface area contributed by atoms with Crippen LogP contribution in [0.2, 0.25) is 0 Å². The van der Waals surface area contributed by atoms with Gasteiger partial charge in [-0.25, -0.2) is 0 Å². The number of rotatable bonds is 0. The highest BCUT2D eigenvalue weighted by Gasteiger charge is 2.17. The van der Waals surface area contributed by atoms with Crippen LogP contribution in [0.5, 0.6) is 0 Å². The molecule has 0 saturated carbocycles. The molecule has 1 aromatic carbocycles. The Hall–Kier alpha value is -0.980. The molecule has 1 aromatic rings. The minimum Gasteiger partial charge on any atom is -0.385 e. The standard InChI is InChI=1S/C12H17N/c1-8-4-5-11-9(2)6-7-13-12(11)10(8)3/h4-5,9,13H,6-7H2,1-3H3/t9-/m0/s1. The number of benzene rings is 1. The second-order valence-electron chi connectivity index (χ2n) is 4.09. The number of hydrogen-bond acceptors (Lipinski definition) is 1. The van der Waals surface area contributed by atoms with Crippen molar-refractivity contribution < 1.29 is 0 Å². The minimum absolute atomic E-state index is 0.718. The van der Waals surface area contributed by atoms with Gasteiger partial charge in [-0.3, -0.25) is 0 Å². The summed E-state index contributed by atoms with van der Waals surface area (Å²) < 4.78 is 0. The van der Waals surface area contributed by atoms with E-state index in [2.05, 4.69) is 38.2 Å². The van der Waals surface area contributed by atoms with Crippen molar-refractivity contribution in [1.29, 1.82) is 0 Å². The number of fused-ring (bicyclic) bond motifs is 1. The first-order valence-electron chi connectivity index (χ1n) is 5.04. The first-order valence-corrected chi connectivity index (χ1v) is 5.04. The molecule has 1 atom stereocenters. The van der Waals surface area contributed by atoms with Crippen LogP contribution in [-0.2, 0) is 0 Å². The maximum atomic E-state index is 3.50. The van der Waals surface area contributed by atoms with E-state index in [0.717, 1.165) is 12.5 Å². The quantitative estimate of drug-likeness (QED) is 0.638. The monoisotopic (exact) mass is 175 g/mol. The van der Waals surface area contributed by atoms with Crippen LogP contribution in [0.25, 0.3) is 0 Å². The van der Waals surface area contributed by atoms with Crippen LogP contribution in [-0.4, -0.2) is 6.54 Å². The van der Waals surface area contributed by atoms with Gasteiger partial charge in [0.05, 0.1) is 0 Å². The van der Waals surface area contributed by atoms with E-state index in [9.17, 15) is 0 Å². The largest absolute Gasteiger partial charge is 0.385 e. The SMILES string of the molecule is Cc1ccc2c(c1C)NCC[C@@H]2C. The average molecular weight is 175 g/mol. The third-order valence-corrected chi connectivity index (χ3v) is 3.18. The molecule has 0 aromatic heterocycles. The van der Waals surface area contributed by atoms with Crippen molar-refractivity contribution in [2.75, 3.05) is 11.9 Å². The van der Waals surface area contributed by atoms with Gasteiger partial charge in [-0.2, -0.15) is 0 Å². The van der Waals surface area contributed by atoms with Crippen LogP contribution < -0.4 is 5.32 Å². The van der Waals surface area contributed by atoms with E-state index in [1.54, 1.807) is 0 Å². The van der Waals surface area contributed by atoms with Crippen molar-refractivity contribution in [3.05, 3.63) is 28.8 Å². The van der Waals surface area contributed by atoms with Crippen LogP contribution in [0.15, 0.2) is 12.1 Å². The Morgan fingerprint density at radius 1 is 1.31 bits per heavy atom. The van der Waals surface area contributed by atoms with Crippen molar-refractivity contribution in [2.24, 2.45) is 0 Å². The van der Waals surface area contributed by atoms with Gasteiger partial charge in [-0.15, -0.1) is 0 Å². The van der Waals surface area contributed by atoms with Gasteiger partial charge in [0.15, 0.2) is 0 Å². The molecule has 1 aliphatic heterocycles. The molecule has 1 heteroatoms. The predicted molar refractivity (Wildman–Crippen MR) is 57.4 cm³/mol. The van der Waals surface area contributed by atoms with Gasteiger partial charge < -0.3 is 5.32 Å². The highest BCUT2D eigenvalue weighted by atomic mass is 14.9. The number of aryl methyl sites for hydroxylation is 1. The smallest absolute Gasteiger partial charge is 0.0407 e. The zero-order valence-electron chi connectivity index (χ0n) is 8.65. The summed E-state index contributed by atoms with van der Waals surface area (Å²) in [5.41, 5.74) is 5.69. The van der Waals surface area contributed by atoms with Gasteiger partial charge in [0.2, 0.25) is 0 Å². The molecule has 0 spiro atoms. The van der Waals surface area contributed by atoms with E-state index in [1.165, 1.54) is 28.8 Å². The molecule has 70 valence electrons. The van der Waals surface area contributed by atoms with Crippen molar-refractivity contribution >= 4 is 5.69 Å². The lowest BCUT2D eigenvalue weighted by Gasteiger charge is -2.26. The van der Waals surface area contributed by atoms with Crippen molar-refractivity contribution in [3.63, 3.8) is 0 Å². The van der Waals surface area contributed by atoms with Gasteiger partial charge in [-0.05, 0) is 42.9 Å². The third-order valence-electron chi connectivity index (χ3n) is 3.18. The van der Waals surface area contributed by atoms with E-state index in [0.29, 0.717) is 0 Å². The maximum absolute atomic E-state index is 3.50. The molecule has 1 aliphatic rings. The number of nitrogens with one attached hydrogen (secondary N) is 1. The molecular formula is C12H17N. The molecule has 0 radical (unpaired) electrons.